The first-order valence-corrected chi connectivity index (χ1v) is 6.19. The number of rotatable bonds is 3. The third-order valence-corrected chi connectivity index (χ3v) is 3.45. The molecule has 1 aromatic heterocycles. The van der Waals surface area contributed by atoms with Crippen LogP contribution in [0.5, 0.6) is 0 Å². The second kappa shape index (κ2) is 5.07. The molecule has 0 amide bonds. The normalized spacial score (nSPS) is 24.1. The highest BCUT2D eigenvalue weighted by Gasteiger charge is 2.31. The van der Waals surface area contributed by atoms with E-state index in [4.69, 9.17) is 10.6 Å². The number of hydrogen-bond acceptors (Lipinski definition) is 6. The number of nitrogens with two attached hydrogens (primary N) is 1. The third kappa shape index (κ3) is 2.70. The molecule has 0 bridgehead atoms. The van der Waals surface area contributed by atoms with E-state index in [0.717, 1.165) is 37.4 Å². The van der Waals surface area contributed by atoms with Gasteiger partial charge in [0.15, 0.2) is 0 Å². The highest BCUT2D eigenvalue weighted by Crippen LogP contribution is 2.27. The molecule has 3 N–H and O–H groups in total. The van der Waals surface area contributed by atoms with Gasteiger partial charge in [-0.2, -0.15) is 4.98 Å². The molecule has 0 saturated carbocycles. The van der Waals surface area contributed by atoms with Crippen LogP contribution < -0.4 is 16.2 Å². The van der Waals surface area contributed by atoms with Crippen molar-refractivity contribution in [2.45, 2.75) is 32.3 Å². The maximum atomic E-state index is 5.59. The Morgan fingerprint density at radius 3 is 2.94 bits per heavy atom. The fourth-order valence-electron chi connectivity index (χ4n) is 2.35. The van der Waals surface area contributed by atoms with Gasteiger partial charge in [0.05, 0.1) is 5.60 Å². The molecule has 6 heteroatoms. The van der Waals surface area contributed by atoms with Gasteiger partial charge >= 0.3 is 0 Å². The Hall–Kier alpha value is -1.40. The minimum absolute atomic E-state index is 0.104. The lowest BCUT2D eigenvalue weighted by Gasteiger charge is -2.40. The highest BCUT2D eigenvalue weighted by atomic mass is 16.5. The maximum Gasteiger partial charge on any atom is 0.239 e. The molecule has 1 saturated heterocycles. The van der Waals surface area contributed by atoms with Crippen molar-refractivity contribution in [1.29, 1.82) is 0 Å². The van der Waals surface area contributed by atoms with Crippen LogP contribution in [0.2, 0.25) is 0 Å². The van der Waals surface area contributed by atoms with Crippen LogP contribution in [-0.4, -0.2) is 35.8 Å². The predicted molar refractivity (Wildman–Crippen MR) is 71.4 cm³/mol. The van der Waals surface area contributed by atoms with Gasteiger partial charge in [0.2, 0.25) is 5.95 Å². The van der Waals surface area contributed by atoms with Crippen LogP contribution in [0.3, 0.4) is 0 Å². The Bertz CT molecular complexity index is 425. The molecule has 0 spiro atoms. The van der Waals surface area contributed by atoms with Crippen molar-refractivity contribution >= 4 is 11.8 Å². The number of piperidine rings is 1. The fourth-order valence-corrected chi connectivity index (χ4v) is 2.35. The van der Waals surface area contributed by atoms with Gasteiger partial charge in [0, 0.05) is 32.0 Å². The van der Waals surface area contributed by atoms with E-state index < -0.39 is 0 Å². The molecule has 1 fully saturated rings. The Balaban J connectivity index is 2.23. The molecule has 0 aliphatic carbocycles. The van der Waals surface area contributed by atoms with Gasteiger partial charge in [-0.15, -0.1) is 0 Å². The molecular weight excluding hydrogens is 230 g/mol. The number of ether oxygens (including phenoxy) is 1. The minimum Gasteiger partial charge on any atom is -0.377 e. The first-order chi connectivity index (χ1) is 8.56. The number of nitrogens with zero attached hydrogens (tertiary/aromatic N) is 3. The van der Waals surface area contributed by atoms with E-state index in [0.29, 0.717) is 5.95 Å². The molecule has 0 radical (unpaired) electrons. The number of hydrogen-bond donors (Lipinski definition) is 2. The second-order valence-corrected chi connectivity index (χ2v) is 5.01. The number of aromatic nitrogens is 2. The minimum atomic E-state index is -0.104. The van der Waals surface area contributed by atoms with Gasteiger partial charge in [-0.05, 0) is 26.7 Å². The number of anilines is 2. The van der Waals surface area contributed by atoms with Crippen molar-refractivity contribution in [3.8, 4) is 0 Å². The van der Waals surface area contributed by atoms with E-state index in [2.05, 4.69) is 27.2 Å². The number of nitrogens with one attached hydrogen (secondary N) is 1. The number of hydrazine groups is 1. The molecule has 1 aliphatic rings. The van der Waals surface area contributed by atoms with E-state index in [-0.39, 0.29) is 5.60 Å². The smallest absolute Gasteiger partial charge is 0.239 e. The lowest BCUT2D eigenvalue weighted by molar-refractivity contribution is -0.00481. The predicted octanol–water partition coefficient (Wildman–Crippen LogP) is 1.08. The lowest BCUT2D eigenvalue weighted by atomic mass is 9.95. The van der Waals surface area contributed by atoms with Gasteiger partial charge in [0.25, 0.3) is 0 Å². The lowest BCUT2D eigenvalue weighted by Crippen LogP contribution is -2.47. The van der Waals surface area contributed by atoms with Crippen molar-refractivity contribution < 1.29 is 4.74 Å². The molecule has 2 rings (SSSR count). The van der Waals surface area contributed by atoms with Crippen molar-refractivity contribution in [3.63, 3.8) is 0 Å². The van der Waals surface area contributed by atoms with Crippen LogP contribution in [0.15, 0.2) is 6.07 Å². The molecule has 1 aliphatic heterocycles. The van der Waals surface area contributed by atoms with E-state index >= 15 is 0 Å². The fraction of sp³-hybridized carbons (Fsp3) is 0.667. The summed E-state index contributed by atoms with van der Waals surface area (Å²) in [4.78, 5) is 10.8. The van der Waals surface area contributed by atoms with Gasteiger partial charge in [0.1, 0.15) is 5.82 Å². The molecule has 0 aromatic carbocycles. The van der Waals surface area contributed by atoms with Gasteiger partial charge in [-0.1, -0.05) is 0 Å². The zero-order valence-corrected chi connectivity index (χ0v) is 11.2. The van der Waals surface area contributed by atoms with E-state index in [1.807, 2.05) is 13.0 Å². The maximum absolute atomic E-state index is 5.59. The van der Waals surface area contributed by atoms with E-state index in [9.17, 15) is 0 Å². The van der Waals surface area contributed by atoms with Crippen LogP contribution in [-0.2, 0) is 4.74 Å². The van der Waals surface area contributed by atoms with Crippen LogP contribution in [0.1, 0.15) is 25.5 Å². The summed E-state index contributed by atoms with van der Waals surface area (Å²) in [5.74, 6) is 6.73. The molecule has 100 valence electrons. The molecule has 1 atom stereocenters. The van der Waals surface area contributed by atoms with Gasteiger partial charge in [-0.25, -0.2) is 10.8 Å². The summed E-state index contributed by atoms with van der Waals surface area (Å²) in [6.07, 6.45) is 2.17. The largest absolute Gasteiger partial charge is 0.377 e. The average molecular weight is 251 g/mol. The summed E-state index contributed by atoms with van der Waals surface area (Å²) in [5.41, 5.74) is 3.30. The quantitative estimate of drug-likeness (QED) is 0.618. The zero-order valence-electron chi connectivity index (χ0n) is 11.2. The monoisotopic (exact) mass is 251 g/mol. The van der Waals surface area contributed by atoms with Gasteiger partial charge < -0.3 is 9.64 Å². The summed E-state index contributed by atoms with van der Waals surface area (Å²) in [5, 5.41) is 0. The summed E-state index contributed by atoms with van der Waals surface area (Å²) < 4.78 is 5.59. The SMILES string of the molecule is COC1(C)CCCN(c2cc(C)nc(NN)n2)C1. The Morgan fingerprint density at radius 1 is 1.50 bits per heavy atom. The number of nitrogen functional groups attached to an aromatic ring is 1. The van der Waals surface area contributed by atoms with Crippen molar-refractivity contribution in [2.75, 3.05) is 30.5 Å². The summed E-state index contributed by atoms with van der Waals surface area (Å²) in [7, 11) is 1.77. The van der Waals surface area contributed by atoms with Crippen molar-refractivity contribution in [3.05, 3.63) is 11.8 Å². The van der Waals surface area contributed by atoms with Gasteiger partial charge in [-0.3, -0.25) is 5.43 Å². The van der Waals surface area contributed by atoms with E-state index in [1.165, 1.54) is 0 Å². The molecule has 6 nitrogen and oxygen atoms in total. The van der Waals surface area contributed by atoms with Crippen LogP contribution in [0, 0.1) is 6.92 Å². The standard InChI is InChI=1S/C12H21N5O/c1-9-7-10(15-11(14-9)16-13)17-6-4-5-12(2,8-17)18-3/h7H,4-6,8,13H2,1-3H3,(H,14,15,16). The second-order valence-electron chi connectivity index (χ2n) is 5.01. The summed E-state index contributed by atoms with van der Waals surface area (Å²) >= 11 is 0. The van der Waals surface area contributed by atoms with Crippen molar-refractivity contribution in [1.82, 2.24) is 9.97 Å². The van der Waals surface area contributed by atoms with Crippen LogP contribution >= 0.6 is 0 Å². The topological polar surface area (TPSA) is 76.3 Å². The Labute approximate surface area is 108 Å². The zero-order chi connectivity index (χ0) is 13.2. The summed E-state index contributed by atoms with van der Waals surface area (Å²) in [6, 6.07) is 1.97. The number of aryl methyl sites for hydroxylation is 1. The Kier molecular flexibility index (Phi) is 3.68. The first-order valence-electron chi connectivity index (χ1n) is 6.19. The molecule has 1 unspecified atom stereocenters. The van der Waals surface area contributed by atoms with Crippen LogP contribution in [0.25, 0.3) is 0 Å². The first kappa shape index (κ1) is 13.0. The number of methoxy groups -OCH3 is 1. The molecular formula is C12H21N5O. The summed E-state index contributed by atoms with van der Waals surface area (Å²) in [6.45, 7) is 5.89. The van der Waals surface area contributed by atoms with Crippen LogP contribution in [0.4, 0.5) is 11.8 Å². The molecule has 1 aromatic rings. The highest BCUT2D eigenvalue weighted by molar-refractivity contribution is 5.45. The third-order valence-electron chi connectivity index (χ3n) is 3.45. The molecule has 2 heterocycles. The van der Waals surface area contributed by atoms with E-state index in [1.54, 1.807) is 7.11 Å². The van der Waals surface area contributed by atoms with Crippen molar-refractivity contribution in [2.24, 2.45) is 5.84 Å². The molecule has 18 heavy (non-hydrogen) atoms. The average Bonchev–Trinajstić information content (AvgIpc) is 2.38. The Morgan fingerprint density at radius 2 is 2.28 bits per heavy atom.